The van der Waals surface area contributed by atoms with Gasteiger partial charge in [-0.25, -0.2) is 9.50 Å². The second-order valence-electron chi connectivity index (χ2n) is 5.95. The maximum atomic E-state index is 9.95. The number of anilines is 2. The second kappa shape index (κ2) is 5.90. The Morgan fingerprint density at radius 2 is 1.80 bits per heavy atom. The number of phenolic OH excluding ortho intramolecular Hbond substituents is 1. The number of nitrogens with one attached hydrogen (secondary N) is 1. The number of aryl methyl sites for hydroxylation is 2. The molecule has 4 rings (SSSR count). The first-order chi connectivity index (χ1) is 12.1. The molecule has 0 aliphatic carbocycles. The first kappa shape index (κ1) is 15.1. The Morgan fingerprint density at radius 3 is 2.52 bits per heavy atom. The lowest BCUT2D eigenvalue weighted by atomic mass is 10.0. The summed E-state index contributed by atoms with van der Waals surface area (Å²) in [6.07, 6.45) is 3.64. The Kier molecular flexibility index (Phi) is 3.57. The van der Waals surface area contributed by atoms with Crippen molar-refractivity contribution in [3.05, 3.63) is 66.0 Å². The molecule has 1 aromatic carbocycles. The minimum absolute atomic E-state index is 0.340. The van der Waals surface area contributed by atoms with Gasteiger partial charge in [0.1, 0.15) is 11.6 Å². The standard InChI is InChI=1S/C19H17N5O/c1-12-9-15(10-13(2)18(12)25)14-6-7-17-22-19(23-24(17)11-14)21-16-5-3-4-8-20-16/h3-11,25H,1-2H3,(H,20,21,23). The fourth-order valence-corrected chi connectivity index (χ4v) is 2.78. The maximum Gasteiger partial charge on any atom is 0.248 e. The lowest BCUT2D eigenvalue weighted by molar-refractivity contribution is 0.467. The highest BCUT2D eigenvalue weighted by Crippen LogP contribution is 2.29. The molecule has 6 nitrogen and oxygen atoms in total. The van der Waals surface area contributed by atoms with Crippen molar-refractivity contribution in [3.63, 3.8) is 0 Å². The quantitative estimate of drug-likeness (QED) is 0.596. The van der Waals surface area contributed by atoms with Crippen LogP contribution in [0.25, 0.3) is 16.8 Å². The summed E-state index contributed by atoms with van der Waals surface area (Å²) in [5.74, 6) is 1.53. The minimum Gasteiger partial charge on any atom is -0.507 e. The highest BCUT2D eigenvalue weighted by atomic mass is 16.3. The van der Waals surface area contributed by atoms with E-state index in [0.717, 1.165) is 27.9 Å². The van der Waals surface area contributed by atoms with Crippen LogP contribution in [0.3, 0.4) is 0 Å². The molecular formula is C19H17N5O. The zero-order chi connectivity index (χ0) is 17.4. The third-order valence-electron chi connectivity index (χ3n) is 4.06. The van der Waals surface area contributed by atoms with Gasteiger partial charge in [0.25, 0.3) is 0 Å². The van der Waals surface area contributed by atoms with Crippen LogP contribution in [0, 0.1) is 13.8 Å². The Hall–Kier alpha value is -3.41. The molecule has 0 unspecified atom stereocenters. The largest absolute Gasteiger partial charge is 0.507 e. The van der Waals surface area contributed by atoms with Gasteiger partial charge in [0, 0.05) is 18.0 Å². The number of benzene rings is 1. The van der Waals surface area contributed by atoms with Crippen LogP contribution >= 0.6 is 0 Å². The van der Waals surface area contributed by atoms with E-state index in [1.807, 2.05) is 62.5 Å². The summed E-state index contributed by atoms with van der Waals surface area (Å²) in [5, 5.41) is 17.5. The second-order valence-corrected chi connectivity index (χ2v) is 5.95. The van der Waals surface area contributed by atoms with E-state index in [1.165, 1.54) is 0 Å². The van der Waals surface area contributed by atoms with Crippen molar-refractivity contribution in [2.75, 3.05) is 5.32 Å². The average Bonchev–Trinajstić information content (AvgIpc) is 3.01. The molecule has 0 spiro atoms. The summed E-state index contributed by atoms with van der Waals surface area (Å²) in [5.41, 5.74) is 4.49. The molecule has 0 fully saturated rings. The molecular weight excluding hydrogens is 314 g/mol. The molecule has 25 heavy (non-hydrogen) atoms. The molecule has 124 valence electrons. The van der Waals surface area contributed by atoms with Crippen molar-refractivity contribution in [1.82, 2.24) is 19.6 Å². The molecule has 3 aromatic heterocycles. The Balaban J connectivity index is 1.71. The molecule has 0 amide bonds. The topological polar surface area (TPSA) is 75.3 Å². The first-order valence-corrected chi connectivity index (χ1v) is 7.95. The molecule has 0 saturated heterocycles. The van der Waals surface area contributed by atoms with Crippen molar-refractivity contribution in [2.45, 2.75) is 13.8 Å². The first-order valence-electron chi connectivity index (χ1n) is 7.95. The molecule has 0 saturated carbocycles. The Bertz CT molecular complexity index is 1030. The number of aromatic hydroxyl groups is 1. The molecule has 0 radical (unpaired) electrons. The van der Waals surface area contributed by atoms with Crippen molar-refractivity contribution in [1.29, 1.82) is 0 Å². The maximum absolute atomic E-state index is 9.95. The van der Waals surface area contributed by atoms with Gasteiger partial charge in [-0.05, 0) is 66.9 Å². The van der Waals surface area contributed by atoms with Crippen LogP contribution in [0.2, 0.25) is 0 Å². The third-order valence-corrected chi connectivity index (χ3v) is 4.06. The zero-order valence-corrected chi connectivity index (χ0v) is 13.9. The number of phenols is 1. The number of aromatic nitrogens is 4. The van der Waals surface area contributed by atoms with Crippen LogP contribution in [-0.4, -0.2) is 24.7 Å². The monoisotopic (exact) mass is 331 g/mol. The van der Waals surface area contributed by atoms with Gasteiger partial charge in [-0.1, -0.05) is 6.07 Å². The van der Waals surface area contributed by atoms with Crippen LogP contribution < -0.4 is 5.32 Å². The van der Waals surface area contributed by atoms with E-state index in [1.54, 1.807) is 10.7 Å². The molecule has 0 bridgehead atoms. The molecule has 0 aliphatic rings. The van der Waals surface area contributed by atoms with E-state index in [9.17, 15) is 5.11 Å². The normalized spacial score (nSPS) is 11.0. The number of hydrogen-bond donors (Lipinski definition) is 2. The highest BCUT2D eigenvalue weighted by molar-refractivity contribution is 5.68. The van der Waals surface area contributed by atoms with Crippen LogP contribution in [0.1, 0.15) is 11.1 Å². The van der Waals surface area contributed by atoms with E-state index < -0.39 is 0 Å². The lowest BCUT2D eigenvalue weighted by Crippen LogP contribution is -1.95. The Morgan fingerprint density at radius 1 is 1.00 bits per heavy atom. The predicted octanol–water partition coefficient (Wildman–Crippen LogP) is 3.86. The molecule has 2 N–H and O–H groups in total. The van der Waals surface area contributed by atoms with Gasteiger partial charge >= 0.3 is 0 Å². The van der Waals surface area contributed by atoms with Gasteiger partial charge in [-0.3, -0.25) is 0 Å². The molecule has 3 heterocycles. The number of pyridine rings is 2. The van der Waals surface area contributed by atoms with Gasteiger partial charge in [0.2, 0.25) is 5.95 Å². The van der Waals surface area contributed by atoms with Crippen LogP contribution in [0.5, 0.6) is 5.75 Å². The fraction of sp³-hybridized carbons (Fsp3) is 0.105. The zero-order valence-electron chi connectivity index (χ0n) is 13.9. The third kappa shape index (κ3) is 2.89. The van der Waals surface area contributed by atoms with Crippen molar-refractivity contribution in [3.8, 4) is 16.9 Å². The van der Waals surface area contributed by atoms with E-state index in [2.05, 4.69) is 20.4 Å². The Labute approximate surface area is 144 Å². The number of fused-ring (bicyclic) bond motifs is 1. The van der Waals surface area contributed by atoms with E-state index in [4.69, 9.17) is 0 Å². The van der Waals surface area contributed by atoms with Crippen molar-refractivity contribution in [2.24, 2.45) is 0 Å². The van der Waals surface area contributed by atoms with E-state index in [-0.39, 0.29) is 0 Å². The number of rotatable bonds is 3. The summed E-state index contributed by atoms with van der Waals surface area (Å²) in [7, 11) is 0. The van der Waals surface area contributed by atoms with E-state index >= 15 is 0 Å². The summed E-state index contributed by atoms with van der Waals surface area (Å²) in [4.78, 5) is 8.67. The summed E-state index contributed by atoms with van der Waals surface area (Å²) in [6.45, 7) is 3.80. The van der Waals surface area contributed by atoms with Crippen molar-refractivity contribution < 1.29 is 5.11 Å². The van der Waals surface area contributed by atoms with Gasteiger partial charge in [0.05, 0.1) is 0 Å². The van der Waals surface area contributed by atoms with Gasteiger partial charge in [0.15, 0.2) is 5.65 Å². The highest BCUT2D eigenvalue weighted by Gasteiger charge is 2.09. The van der Waals surface area contributed by atoms with Crippen molar-refractivity contribution >= 4 is 17.4 Å². The molecule has 0 aliphatic heterocycles. The van der Waals surface area contributed by atoms with Gasteiger partial charge in [-0.15, -0.1) is 5.10 Å². The van der Waals surface area contributed by atoms with Gasteiger partial charge in [-0.2, -0.15) is 4.98 Å². The minimum atomic E-state index is 0.340. The average molecular weight is 331 g/mol. The molecule has 4 aromatic rings. The number of hydrogen-bond acceptors (Lipinski definition) is 5. The molecule has 0 atom stereocenters. The lowest BCUT2D eigenvalue weighted by Gasteiger charge is -2.08. The smallest absolute Gasteiger partial charge is 0.248 e. The molecule has 6 heteroatoms. The fourth-order valence-electron chi connectivity index (χ4n) is 2.78. The summed E-state index contributed by atoms with van der Waals surface area (Å²) < 4.78 is 1.73. The van der Waals surface area contributed by atoms with E-state index in [0.29, 0.717) is 17.5 Å². The predicted molar refractivity (Wildman–Crippen MR) is 97.1 cm³/mol. The van der Waals surface area contributed by atoms with Crippen LogP contribution in [0.4, 0.5) is 11.8 Å². The van der Waals surface area contributed by atoms with Gasteiger partial charge < -0.3 is 10.4 Å². The van der Waals surface area contributed by atoms with Crippen LogP contribution in [-0.2, 0) is 0 Å². The number of nitrogens with zero attached hydrogens (tertiary/aromatic N) is 4. The summed E-state index contributed by atoms with van der Waals surface area (Å²) in [6, 6.07) is 13.5. The SMILES string of the molecule is Cc1cc(-c2ccc3nc(Nc4ccccn4)nn3c2)cc(C)c1O. The summed E-state index contributed by atoms with van der Waals surface area (Å²) >= 11 is 0. The van der Waals surface area contributed by atoms with Crippen LogP contribution in [0.15, 0.2) is 54.9 Å².